The van der Waals surface area contributed by atoms with Crippen molar-refractivity contribution in [2.75, 3.05) is 5.32 Å². The SMILES string of the molecule is O=[N+]([O-])c1ccc(NC2CCCCC2)cc1Br. The lowest BCUT2D eigenvalue weighted by Gasteiger charge is -2.23. The van der Waals surface area contributed by atoms with Gasteiger partial charge in [-0.2, -0.15) is 0 Å². The van der Waals surface area contributed by atoms with Gasteiger partial charge in [-0.3, -0.25) is 10.1 Å². The fourth-order valence-electron chi connectivity index (χ4n) is 2.23. The standard InChI is InChI=1S/C12H15BrN2O2/c13-11-8-10(6-7-12(11)15(16)17)14-9-4-2-1-3-5-9/h6-9,14H,1-5H2. The van der Waals surface area contributed by atoms with Gasteiger partial charge < -0.3 is 5.32 Å². The fourth-order valence-corrected chi connectivity index (χ4v) is 2.75. The first kappa shape index (κ1) is 12.4. The van der Waals surface area contributed by atoms with Gasteiger partial charge in [0.05, 0.1) is 9.40 Å². The minimum absolute atomic E-state index is 0.110. The molecule has 1 aromatic carbocycles. The summed E-state index contributed by atoms with van der Waals surface area (Å²) in [5.41, 5.74) is 1.06. The van der Waals surface area contributed by atoms with Crippen molar-refractivity contribution < 1.29 is 4.92 Å². The maximum absolute atomic E-state index is 10.7. The van der Waals surface area contributed by atoms with Crippen molar-refractivity contribution in [1.82, 2.24) is 0 Å². The number of nitrogens with one attached hydrogen (secondary N) is 1. The van der Waals surface area contributed by atoms with E-state index in [0.717, 1.165) is 5.69 Å². The van der Waals surface area contributed by atoms with E-state index >= 15 is 0 Å². The molecule has 2 rings (SSSR count). The van der Waals surface area contributed by atoms with E-state index in [9.17, 15) is 10.1 Å². The molecule has 1 aromatic rings. The first-order chi connectivity index (χ1) is 8.16. The van der Waals surface area contributed by atoms with Crippen LogP contribution in [0.3, 0.4) is 0 Å². The third-order valence-electron chi connectivity index (χ3n) is 3.12. The molecular formula is C12H15BrN2O2. The van der Waals surface area contributed by atoms with E-state index in [0.29, 0.717) is 10.5 Å². The minimum Gasteiger partial charge on any atom is -0.382 e. The normalized spacial score (nSPS) is 16.8. The first-order valence-corrected chi connectivity index (χ1v) is 6.66. The van der Waals surface area contributed by atoms with Gasteiger partial charge in [0, 0.05) is 17.8 Å². The Morgan fingerprint density at radius 1 is 1.29 bits per heavy atom. The van der Waals surface area contributed by atoms with Crippen molar-refractivity contribution in [3.8, 4) is 0 Å². The van der Waals surface area contributed by atoms with Gasteiger partial charge in [-0.1, -0.05) is 19.3 Å². The molecule has 5 heteroatoms. The number of hydrogen-bond acceptors (Lipinski definition) is 3. The molecule has 0 aliphatic heterocycles. The first-order valence-electron chi connectivity index (χ1n) is 5.87. The molecule has 0 bridgehead atoms. The summed E-state index contributed by atoms with van der Waals surface area (Å²) in [5.74, 6) is 0. The van der Waals surface area contributed by atoms with Gasteiger partial charge in [0.1, 0.15) is 0 Å². The van der Waals surface area contributed by atoms with Crippen molar-refractivity contribution in [2.45, 2.75) is 38.1 Å². The van der Waals surface area contributed by atoms with Crippen LogP contribution < -0.4 is 5.32 Å². The van der Waals surface area contributed by atoms with E-state index in [1.165, 1.54) is 38.2 Å². The van der Waals surface area contributed by atoms with Crippen LogP contribution in [0, 0.1) is 10.1 Å². The molecule has 0 atom stereocenters. The van der Waals surface area contributed by atoms with Crippen LogP contribution in [0.1, 0.15) is 32.1 Å². The summed E-state index contributed by atoms with van der Waals surface area (Å²) in [6.45, 7) is 0. The second kappa shape index (κ2) is 5.49. The van der Waals surface area contributed by atoms with Crippen LogP contribution in [0.5, 0.6) is 0 Å². The molecule has 92 valence electrons. The van der Waals surface area contributed by atoms with Gasteiger partial charge in [0.2, 0.25) is 0 Å². The zero-order valence-corrected chi connectivity index (χ0v) is 11.1. The van der Waals surface area contributed by atoms with Crippen molar-refractivity contribution >= 4 is 27.3 Å². The topological polar surface area (TPSA) is 55.2 Å². The highest BCUT2D eigenvalue weighted by molar-refractivity contribution is 9.10. The number of hydrogen-bond donors (Lipinski definition) is 1. The highest BCUT2D eigenvalue weighted by Crippen LogP contribution is 2.29. The Morgan fingerprint density at radius 2 is 2.00 bits per heavy atom. The zero-order valence-electron chi connectivity index (χ0n) is 9.49. The fraction of sp³-hybridized carbons (Fsp3) is 0.500. The lowest BCUT2D eigenvalue weighted by Crippen LogP contribution is -2.22. The van der Waals surface area contributed by atoms with E-state index in [-0.39, 0.29) is 10.6 Å². The number of nitro groups is 1. The van der Waals surface area contributed by atoms with Crippen LogP contribution in [0.4, 0.5) is 11.4 Å². The largest absolute Gasteiger partial charge is 0.382 e. The third-order valence-corrected chi connectivity index (χ3v) is 3.76. The lowest BCUT2D eigenvalue weighted by atomic mass is 9.95. The summed E-state index contributed by atoms with van der Waals surface area (Å²) in [7, 11) is 0. The molecule has 0 saturated heterocycles. The van der Waals surface area contributed by atoms with Crippen LogP contribution in [-0.4, -0.2) is 11.0 Å². The Balaban J connectivity index is 2.06. The van der Waals surface area contributed by atoms with Gasteiger partial charge >= 0.3 is 0 Å². The number of nitro benzene ring substituents is 1. The van der Waals surface area contributed by atoms with E-state index in [1.54, 1.807) is 12.1 Å². The van der Waals surface area contributed by atoms with Crippen LogP contribution in [0.25, 0.3) is 0 Å². The van der Waals surface area contributed by atoms with Gasteiger partial charge in [-0.15, -0.1) is 0 Å². The van der Waals surface area contributed by atoms with E-state index in [4.69, 9.17) is 0 Å². The average Bonchev–Trinajstić information content (AvgIpc) is 2.30. The van der Waals surface area contributed by atoms with Crippen molar-refractivity contribution in [2.24, 2.45) is 0 Å². The number of rotatable bonds is 3. The number of nitrogens with zero attached hydrogens (tertiary/aromatic N) is 1. The van der Waals surface area contributed by atoms with Gasteiger partial charge in [0.25, 0.3) is 5.69 Å². The van der Waals surface area contributed by atoms with E-state index < -0.39 is 0 Å². The van der Waals surface area contributed by atoms with Crippen LogP contribution in [0.15, 0.2) is 22.7 Å². The second-order valence-electron chi connectivity index (χ2n) is 4.40. The molecule has 1 aliphatic carbocycles. The van der Waals surface area contributed by atoms with Crippen LogP contribution >= 0.6 is 15.9 Å². The summed E-state index contributed by atoms with van der Waals surface area (Å²) in [5, 5.41) is 14.1. The molecule has 1 aliphatic rings. The van der Waals surface area contributed by atoms with Crippen molar-refractivity contribution in [3.63, 3.8) is 0 Å². The zero-order chi connectivity index (χ0) is 12.3. The van der Waals surface area contributed by atoms with E-state index in [2.05, 4.69) is 21.2 Å². The minimum atomic E-state index is -0.380. The lowest BCUT2D eigenvalue weighted by molar-refractivity contribution is -0.385. The van der Waals surface area contributed by atoms with Crippen molar-refractivity contribution in [1.29, 1.82) is 0 Å². The molecule has 0 heterocycles. The Labute approximate surface area is 109 Å². The number of anilines is 1. The third kappa shape index (κ3) is 3.19. The molecule has 1 N–H and O–H groups in total. The Kier molecular flexibility index (Phi) is 3.99. The average molecular weight is 299 g/mol. The van der Waals surface area contributed by atoms with E-state index in [1.807, 2.05) is 0 Å². The van der Waals surface area contributed by atoms with Crippen LogP contribution in [-0.2, 0) is 0 Å². The highest BCUT2D eigenvalue weighted by atomic mass is 79.9. The molecule has 0 aromatic heterocycles. The summed E-state index contributed by atoms with van der Waals surface area (Å²) in [6.07, 6.45) is 6.24. The molecule has 0 amide bonds. The summed E-state index contributed by atoms with van der Waals surface area (Å²) < 4.78 is 0.531. The van der Waals surface area contributed by atoms with Gasteiger partial charge in [-0.25, -0.2) is 0 Å². The Bertz CT molecular complexity index is 417. The second-order valence-corrected chi connectivity index (χ2v) is 5.26. The summed E-state index contributed by atoms with van der Waals surface area (Å²) in [4.78, 5) is 10.3. The molecular weight excluding hydrogens is 284 g/mol. The monoisotopic (exact) mass is 298 g/mol. The molecule has 0 radical (unpaired) electrons. The number of benzene rings is 1. The Morgan fingerprint density at radius 3 is 2.59 bits per heavy atom. The molecule has 17 heavy (non-hydrogen) atoms. The Hall–Kier alpha value is -1.10. The maximum Gasteiger partial charge on any atom is 0.283 e. The van der Waals surface area contributed by atoms with Gasteiger partial charge in [-0.05, 0) is 40.9 Å². The van der Waals surface area contributed by atoms with Crippen molar-refractivity contribution in [3.05, 3.63) is 32.8 Å². The quantitative estimate of drug-likeness (QED) is 0.675. The molecule has 1 saturated carbocycles. The van der Waals surface area contributed by atoms with Gasteiger partial charge in [0.15, 0.2) is 0 Å². The predicted molar refractivity (Wildman–Crippen MR) is 71.3 cm³/mol. The van der Waals surface area contributed by atoms with Crippen LogP contribution in [0.2, 0.25) is 0 Å². The molecule has 0 unspecified atom stereocenters. The smallest absolute Gasteiger partial charge is 0.283 e. The molecule has 0 spiro atoms. The predicted octanol–water partition coefficient (Wildman–Crippen LogP) is 4.10. The number of halogens is 1. The summed E-state index contributed by atoms with van der Waals surface area (Å²) in [6, 6.07) is 5.61. The molecule has 4 nitrogen and oxygen atoms in total. The highest BCUT2D eigenvalue weighted by Gasteiger charge is 2.15. The maximum atomic E-state index is 10.7. The summed E-state index contributed by atoms with van der Waals surface area (Å²) >= 11 is 3.23. The molecule has 1 fully saturated rings.